The fourth-order valence-electron chi connectivity index (χ4n) is 1.47. The molecule has 0 aliphatic carbocycles. The molecule has 1 rings (SSSR count). The Kier molecular flexibility index (Phi) is 3.37. The Balaban J connectivity index is 3.40. The molecule has 1 amide bonds. The third-order valence-corrected chi connectivity index (χ3v) is 2.60. The van der Waals surface area contributed by atoms with E-state index in [0.717, 1.165) is 0 Å². The summed E-state index contributed by atoms with van der Waals surface area (Å²) in [6.45, 7) is 3.18. The second kappa shape index (κ2) is 4.42. The molecule has 0 bridgehead atoms. The van der Waals surface area contributed by atoms with E-state index >= 15 is 0 Å². The first-order chi connectivity index (χ1) is 7.85. The van der Waals surface area contributed by atoms with Gasteiger partial charge in [0.1, 0.15) is 0 Å². The molecule has 90 valence electrons. The number of hydrogen-bond donors (Lipinski definition) is 2. The summed E-state index contributed by atoms with van der Waals surface area (Å²) in [4.78, 5) is 11.4. The van der Waals surface area contributed by atoms with Crippen LogP contribution in [0.2, 0.25) is 0 Å². The number of nitriles is 1. The predicted molar refractivity (Wildman–Crippen MR) is 62.8 cm³/mol. The zero-order valence-electron chi connectivity index (χ0n) is 9.97. The van der Waals surface area contributed by atoms with Gasteiger partial charge in [0.05, 0.1) is 22.7 Å². The van der Waals surface area contributed by atoms with E-state index < -0.39 is 17.1 Å². The molecule has 5 heteroatoms. The van der Waals surface area contributed by atoms with Gasteiger partial charge in [0.2, 0.25) is 0 Å². The van der Waals surface area contributed by atoms with Crippen LogP contribution >= 0.6 is 0 Å². The van der Waals surface area contributed by atoms with Crippen molar-refractivity contribution >= 4 is 11.6 Å². The Hall–Kier alpha value is -2.09. The van der Waals surface area contributed by atoms with E-state index in [2.05, 4.69) is 5.32 Å². The zero-order chi connectivity index (χ0) is 13.2. The third-order valence-electron chi connectivity index (χ3n) is 2.60. The van der Waals surface area contributed by atoms with Crippen LogP contribution in [0.4, 0.5) is 10.1 Å². The van der Waals surface area contributed by atoms with Crippen LogP contribution in [-0.4, -0.2) is 13.0 Å². The summed E-state index contributed by atoms with van der Waals surface area (Å²) in [6, 6.07) is 4.83. The van der Waals surface area contributed by atoms with Crippen LogP contribution in [0.1, 0.15) is 29.8 Å². The van der Waals surface area contributed by atoms with Crippen molar-refractivity contribution in [3.63, 3.8) is 0 Å². The normalized spacial score (nSPS) is 10.8. The first-order valence-corrected chi connectivity index (χ1v) is 5.07. The number of hydrogen-bond acceptors (Lipinski definition) is 3. The van der Waals surface area contributed by atoms with Crippen LogP contribution in [0.15, 0.2) is 12.1 Å². The lowest BCUT2D eigenvalue weighted by Crippen LogP contribution is -2.22. The molecule has 0 fully saturated rings. The van der Waals surface area contributed by atoms with Crippen LogP contribution in [-0.2, 0) is 5.41 Å². The van der Waals surface area contributed by atoms with E-state index in [1.165, 1.54) is 19.2 Å². The molecule has 0 radical (unpaired) electrons. The second-order valence-corrected chi connectivity index (χ2v) is 4.20. The number of rotatable bonds is 2. The molecule has 0 saturated heterocycles. The number of nitrogens with two attached hydrogens (primary N) is 1. The molecule has 4 nitrogen and oxygen atoms in total. The quantitative estimate of drug-likeness (QED) is 0.763. The number of benzene rings is 1. The van der Waals surface area contributed by atoms with Gasteiger partial charge in [0.15, 0.2) is 5.82 Å². The molecule has 0 saturated carbocycles. The molecule has 1 aromatic carbocycles. The highest BCUT2D eigenvalue weighted by Crippen LogP contribution is 2.29. The fraction of sp³-hybridized carbons (Fsp3) is 0.333. The molecule has 0 unspecified atom stereocenters. The summed E-state index contributed by atoms with van der Waals surface area (Å²) in [6.07, 6.45) is 0. The average molecular weight is 235 g/mol. The Labute approximate surface area is 99.2 Å². The number of halogens is 1. The molecule has 3 N–H and O–H groups in total. The Morgan fingerprint density at radius 2 is 2.12 bits per heavy atom. The highest BCUT2D eigenvalue weighted by molar-refractivity contribution is 5.99. The van der Waals surface area contributed by atoms with E-state index in [0.29, 0.717) is 0 Å². The minimum atomic E-state index is -0.987. The minimum absolute atomic E-state index is 0.0717. The highest BCUT2D eigenvalue weighted by Gasteiger charge is 2.26. The molecular weight excluding hydrogens is 221 g/mol. The van der Waals surface area contributed by atoms with E-state index in [9.17, 15) is 9.18 Å². The Morgan fingerprint density at radius 3 is 2.59 bits per heavy atom. The predicted octanol–water partition coefficient (Wildman–Crippen LogP) is 1.57. The molecule has 0 aliphatic rings. The average Bonchev–Trinajstić information content (AvgIpc) is 2.31. The van der Waals surface area contributed by atoms with E-state index in [4.69, 9.17) is 11.0 Å². The van der Waals surface area contributed by atoms with Gasteiger partial charge in [-0.05, 0) is 19.9 Å². The van der Waals surface area contributed by atoms with Crippen LogP contribution in [0.25, 0.3) is 0 Å². The van der Waals surface area contributed by atoms with Crippen molar-refractivity contribution < 1.29 is 9.18 Å². The maximum Gasteiger partial charge on any atom is 0.253 e. The largest absolute Gasteiger partial charge is 0.396 e. The molecule has 1 aromatic rings. The smallest absolute Gasteiger partial charge is 0.253 e. The molecular formula is C12H14FN3O. The number of nitrogen functional groups attached to an aromatic ring is 1. The number of amides is 1. The van der Waals surface area contributed by atoms with Crippen LogP contribution in [0.5, 0.6) is 0 Å². The maximum atomic E-state index is 14.0. The van der Waals surface area contributed by atoms with Gasteiger partial charge < -0.3 is 11.1 Å². The van der Waals surface area contributed by atoms with Crippen molar-refractivity contribution in [3.05, 3.63) is 29.1 Å². The maximum absolute atomic E-state index is 14.0. The summed E-state index contributed by atoms with van der Waals surface area (Å²) in [5.41, 5.74) is 4.61. The van der Waals surface area contributed by atoms with Crippen molar-refractivity contribution in [3.8, 4) is 6.07 Å². The summed E-state index contributed by atoms with van der Waals surface area (Å²) < 4.78 is 14.0. The van der Waals surface area contributed by atoms with E-state index in [-0.39, 0.29) is 16.8 Å². The molecule has 0 aliphatic heterocycles. The molecule has 0 heterocycles. The summed E-state index contributed by atoms with van der Waals surface area (Å²) in [7, 11) is 1.44. The van der Waals surface area contributed by atoms with Gasteiger partial charge in [-0.1, -0.05) is 6.07 Å². The van der Waals surface area contributed by atoms with Crippen molar-refractivity contribution in [2.24, 2.45) is 0 Å². The molecule has 17 heavy (non-hydrogen) atoms. The van der Waals surface area contributed by atoms with Gasteiger partial charge in [-0.3, -0.25) is 4.79 Å². The molecule has 0 spiro atoms. The minimum Gasteiger partial charge on any atom is -0.396 e. The van der Waals surface area contributed by atoms with Crippen LogP contribution < -0.4 is 11.1 Å². The third kappa shape index (κ3) is 2.21. The lowest BCUT2D eigenvalue weighted by Gasteiger charge is -2.18. The van der Waals surface area contributed by atoms with Crippen LogP contribution in [0.3, 0.4) is 0 Å². The highest BCUT2D eigenvalue weighted by atomic mass is 19.1. The first-order valence-electron chi connectivity index (χ1n) is 5.07. The summed E-state index contributed by atoms with van der Waals surface area (Å²) >= 11 is 0. The summed E-state index contributed by atoms with van der Waals surface area (Å²) in [5, 5.41) is 11.3. The van der Waals surface area contributed by atoms with Crippen molar-refractivity contribution in [1.29, 1.82) is 5.26 Å². The second-order valence-electron chi connectivity index (χ2n) is 4.20. The number of carbonyl (C=O) groups is 1. The monoisotopic (exact) mass is 235 g/mol. The lowest BCUT2D eigenvalue weighted by atomic mass is 9.85. The van der Waals surface area contributed by atoms with Gasteiger partial charge >= 0.3 is 0 Å². The van der Waals surface area contributed by atoms with Gasteiger partial charge in [0, 0.05) is 12.6 Å². The zero-order valence-corrected chi connectivity index (χ0v) is 9.97. The van der Waals surface area contributed by atoms with Gasteiger partial charge in [-0.2, -0.15) is 5.26 Å². The number of nitrogens with one attached hydrogen (secondary N) is 1. The van der Waals surface area contributed by atoms with Crippen molar-refractivity contribution in [2.45, 2.75) is 19.3 Å². The van der Waals surface area contributed by atoms with Gasteiger partial charge in [0.25, 0.3) is 5.91 Å². The van der Waals surface area contributed by atoms with Crippen molar-refractivity contribution in [1.82, 2.24) is 5.32 Å². The Bertz CT molecular complexity index is 503. The van der Waals surface area contributed by atoms with E-state index in [1.807, 2.05) is 6.07 Å². The number of anilines is 1. The SMILES string of the molecule is CNC(=O)c1ccc(C(C)(C)C#N)c(F)c1N. The topological polar surface area (TPSA) is 78.9 Å². The van der Waals surface area contributed by atoms with Crippen LogP contribution in [0, 0.1) is 17.1 Å². The number of carbonyl (C=O) groups excluding carboxylic acids is 1. The summed E-state index contributed by atoms with van der Waals surface area (Å²) in [5.74, 6) is -1.17. The van der Waals surface area contributed by atoms with E-state index in [1.54, 1.807) is 13.8 Å². The van der Waals surface area contributed by atoms with Crippen molar-refractivity contribution in [2.75, 3.05) is 12.8 Å². The number of nitrogens with zero attached hydrogens (tertiary/aromatic N) is 1. The van der Waals surface area contributed by atoms with Gasteiger partial charge in [-0.25, -0.2) is 4.39 Å². The van der Waals surface area contributed by atoms with Gasteiger partial charge in [-0.15, -0.1) is 0 Å². The molecule has 0 aromatic heterocycles. The fourth-order valence-corrected chi connectivity index (χ4v) is 1.47. The standard InChI is InChI=1S/C12H14FN3O/c1-12(2,6-14)8-5-4-7(11(17)16-3)10(15)9(8)13/h4-5H,15H2,1-3H3,(H,16,17). The first kappa shape index (κ1) is 13.0. The lowest BCUT2D eigenvalue weighted by molar-refractivity contribution is 0.0963. The molecule has 0 atom stereocenters. The Morgan fingerprint density at radius 1 is 1.53 bits per heavy atom.